The van der Waals surface area contributed by atoms with Crippen molar-refractivity contribution in [1.82, 2.24) is 4.98 Å². The van der Waals surface area contributed by atoms with E-state index in [-0.39, 0.29) is 5.39 Å². The molecule has 0 radical (unpaired) electrons. The number of hydrogen-bond donors (Lipinski definition) is 2. The third-order valence-corrected chi connectivity index (χ3v) is 2.50. The van der Waals surface area contributed by atoms with E-state index in [1.165, 1.54) is 24.4 Å². The van der Waals surface area contributed by atoms with Crippen LogP contribution in [-0.4, -0.2) is 28.1 Å². The van der Waals surface area contributed by atoms with Crippen molar-refractivity contribution in [2.24, 2.45) is 0 Å². The minimum absolute atomic E-state index is 0.164. The number of carboxylic acids is 1. The van der Waals surface area contributed by atoms with Crippen LogP contribution in [0, 0.1) is 0 Å². The van der Waals surface area contributed by atoms with Crippen LogP contribution >= 0.6 is 0 Å². The standard InChI is InChI=1S/C12H7F3N2O3/c13-12(14,15)11(20)17-8-7-4-2-1-3-6(7)5-16-9(8)10(18)19/h1-5H,(H,17,20)(H,18,19). The largest absolute Gasteiger partial charge is 0.476 e. The third kappa shape index (κ3) is 2.53. The summed E-state index contributed by atoms with van der Waals surface area (Å²) in [4.78, 5) is 25.6. The van der Waals surface area contributed by atoms with Gasteiger partial charge in [-0.15, -0.1) is 0 Å². The Labute approximate surface area is 110 Å². The summed E-state index contributed by atoms with van der Waals surface area (Å²) in [7, 11) is 0. The molecule has 104 valence electrons. The van der Waals surface area contributed by atoms with E-state index in [4.69, 9.17) is 5.11 Å². The van der Waals surface area contributed by atoms with E-state index in [0.717, 1.165) is 0 Å². The van der Waals surface area contributed by atoms with E-state index in [1.54, 1.807) is 11.4 Å². The van der Waals surface area contributed by atoms with Crippen molar-refractivity contribution in [2.45, 2.75) is 6.18 Å². The first-order chi connectivity index (χ1) is 9.30. The molecule has 1 amide bonds. The van der Waals surface area contributed by atoms with E-state index < -0.39 is 29.4 Å². The topological polar surface area (TPSA) is 79.3 Å². The highest BCUT2D eigenvalue weighted by Gasteiger charge is 2.39. The molecule has 0 aliphatic heterocycles. The highest BCUT2D eigenvalue weighted by molar-refractivity contribution is 6.10. The van der Waals surface area contributed by atoms with Crippen molar-refractivity contribution in [3.63, 3.8) is 0 Å². The van der Waals surface area contributed by atoms with Gasteiger partial charge in [0.2, 0.25) is 0 Å². The molecule has 0 atom stereocenters. The summed E-state index contributed by atoms with van der Waals surface area (Å²) in [5.41, 5.74) is -1.13. The van der Waals surface area contributed by atoms with Gasteiger partial charge < -0.3 is 10.4 Å². The molecule has 0 fully saturated rings. The average molecular weight is 284 g/mol. The number of nitrogens with zero attached hydrogens (tertiary/aromatic N) is 1. The average Bonchev–Trinajstić information content (AvgIpc) is 2.37. The first kappa shape index (κ1) is 13.8. The van der Waals surface area contributed by atoms with Crippen LogP contribution in [0.3, 0.4) is 0 Å². The highest BCUT2D eigenvalue weighted by atomic mass is 19.4. The van der Waals surface area contributed by atoms with Gasteiger partial charge in [-0.3, -0.25) is 4.79 Å². The van der Waals surface area contributed by atoms with Crippen LogP contribution in [0.5, 0.6) is 0 Å². The molecule has 2 aromatic rings. The number of amides is 1. The van der Waals surface area contributed by atoms with Crippen LogP contribution in [-0.2, 0) is 4.79 Å². The quantitative estimate of drug-likeness (QED) is 0.887. The number of rotatable bonds is 2. The Balaban J connectivity index is 2.61. The molecule has 1 heterocycles. The number of nitrogens with one attached hydrogen (secondary N) is 1. The summed E-state index contributed by atoms with van der Waals surface area (Å²) in [6.07, 6.45) is -3.91. The summed E-state index contributed by atoms with van der Waals surface area (Å²) in [6, 6.07) is 6.06. The Hall–Kier alpha value is -2.64. The second-order valence-electron chi connectivity index (χ2n) is 3.83. The van der Waals surface area contributed by atoms with Crippen molar-refractivity contribution in [3.8, 4) is 0 Å². The summed E-state index contributed by atoms with van der Waals surface area (Å²) in [5, 5.41) is 11.1. The zero-order chi connectivity index (χ0) is 14.9. The first-order valence-electron chi connectivity index (χ1n) is 5.30. The molecule has 0 saturated carbocycles. The van der Waals surface area contributed by atoms with Crippen molar-refractivity contribution >= 4 is 28.3 Å². The number of carbonyl (C=O) groups is 2. The van der Waals surface area contributed by atoms with Gasteiger partial charge in [0.25, 0.3) is 0 Å². The van der Waals surface area contributed by atoms with E-state index in [9.17, 15) is 22.8 Å². The maximum Gasteiger partial charge on any atom is 0.471 e. The Morgan fingerprint density at radius 1 is 1.20 bits per heavy atom. The maximum absolute atomic E-state index is 12.3. The van der Waals surface area contributed by atoms with E-state index in [2.05, 4.69) is 4.98 Å². The minimum Gasteiger partial charge on any atom is -0.476 e. The molecule has 1 aromatic carbocycles. The number of pyridine rings is 1. The maximum atomic E-state index is 12.3. The number of fused-ring (bicyclic) bond motifs is 1. The number of halogens is 3. The van der Waals surface area contributed by atoms with Crippen molar-refractivity contribution in [3.05, 3.63) is 36.2 Å². The Morgan fingerprint density at radius 2 is 1.85 bits per heavy atom. The number of aromatic carboxylic acids is 1. The fourth-order valence-corrected chi connectivity index (χ4v) is 1.64. The van der Waals surface area contributed by atoms with Gasteiger partial charge in [-0.1, -0.05) is 24.3 Å². The normalized spacial score (nSPS) is 11.3. The SMILES string of the molecule is O=C(O)c1ncc2ccccc2c1NC(=O)C(F)(F)F. The van der Waals surface area contributed by atoms with Gasteiger partial charge in [-0.2, -0.15) is 13.2 Å². The van der Waals surface area contributed by atoms with Crippen LogP contribution in [0.4, 0.5) is 18.9 Å². The number of carboxylic acid groups (broad SMARTS) is 1. The van der Waals surface area contributed by atoms with Gasteiger partial charge in [-0.25, -0.2) is 9.78 Å². The fourth-order valence-electron chi connectivity index (χ4n) is 1.64. The molecule has 0 spiro atoms. The number of benzene rings is 1. The molecular weight excluding hydrogens is 277 g/mol. The van der Waals surface area contributed by atoms with Crippen LogP contribution in [0.25, 0.3) is 10.8 Å². The lowest BCUT2D eigenvalue weighted by molar-refractivity contribution is -0.167. The molecule has 0 unspecified atom stereocenters. The van der Waals surface area contributed by atoms with E-state index in [0.29, 0.717) is 5.39 Å². The van der Waals surface area contributed by atoms with Gasteiger partial charge in [0, 0.05) is 17.0 Å². The van der Waals surface area contributed by atoms with Crippen molar-refractivity contribution in [2.75, 3.05) is 5.32 Å². The van der Waals surface area contributed by atoms with Gasteiger partial charge in [0.1, 0.15) is 0 Å². The number of carbonyl (C=O) groups excluding carboxylic acids is 1. The molecule has 0 aliphatic rings. The molecule has 5 nitrogen and oxygen atoms in total. The molecule has 8 heteroatoms. The first-order valence-corrected chi connectivity index (χ1v) is 5.30. The number of hydrogen-bond acceptors (Lipinski definition) is 3. The third-order valence-electron chi connectivity index (χ3n) is 2.50. The molecule has 0 aliphatic carbocycles. The van der Waals surface area contributed by atoms with Crippen molar-refractivity contribution < 1.29 is 27.9 Å². The second kappa shape index (κ2) is 4.80. The van der Waals surface area contributed by atoms with Gasteiger partial charge in [0.05, 0.1) is 5.69 Å². The molecule has 2 N–H and O–H groups in total. The smallest absolute Gasteiger partial charge is 0.471 e. The van der Waals surface area contributed by atoms with E-state index in [1.807, 2.05) is 0 Å². The summed E-state index contributed by atoms with van der Waals surface area (Å²) in [5.74, 6) is -3.79. The van der Waals surface area contributed by atoms with Crippen LogP contribution in [0.1, 0.15) is 10.5 Å². The molecule has 0 saturated heterocycles. The predicted octanol–water partition coefficient (Wildman–Crippen LogP) is 2.43. The second-order valence-corrected chi connectivity index (χ2v) is 3.83. The predicted molar refractivity (Wildman–Crippen MR) is 63.4 cm³/mol. The van der Waals surface area contributed by atoms with Gasteiger partial charge >= 0.3 is 18.1 Å². The molecule has 20 heavy (non-hydrogen) atoms. The lowest BCUT2D eigenvalue weighted by Gasteiger charge is -2.12. The lowest BCUT2D eigenvalue weighted by Crippen LogP contribution is -2.31. The fraction of sp³-hybridized carbons (Fsp3) is 0.0833. The lowest BCUT2D eigenvalue weighted by atomic mass is 10.1. The summed E-state index contributed by atoms with van der Waals surface area (Å²) < 4.78 is 36.9. The monoisotopic (exact) mass is 284 g/mol. The Bertz CT molecular complexity index is 698. The zero-order valence-corrected chi connectivity index (χ0v) is 9.73. The Morgan fingerprint density at radius 3 is 2.45 bits per heavy atom. The van der Waals surface area contributed by atoms with Crippen LogP contribution in [0.2, 0.25) is 0 Å². The highest BCUT2D eigenvalue weighted by Crippen LogP contribution is 2.27. The van der Waals surface area contributed by atoms with Crippen LogP contribution in [0.15, 0.2) is 30.5 Å². The van der Waals surface area contributed by atoms with Gasteiger partial charge in [-0.05, 0) is 0 Å². The number of alkyl halides is 3. The molecular formula is C12H7F3N2O3. The van der Waals surface area contributed by atoms with Gasteiger partial charge in [0.15, 0.2) is 5.69 Å². The minimum atomic E-state index is -5.12. The van der Waals surface area contributed by atoms with E-state index >= 15 is 0 Å². The van der Waals surface area contributed by atoms with Crippen LogP contribution < -0.4 is 5.32 Å². The molecule has 0 bridgehead atoms. The zero-order valence-electron chi connectivity index (χ0n) is 9.73. The van der Waals surface area contributed by atoms with Crippen molar-refractivity contribution in [1.29, 1.82) is 0 Å². The molecule has 1 aromatic heterocycles. The number of anilines is 1. The number of aromatic nitrogens is 1. The molecule has 2 rings (SSSR count). The summed E-state index contributed by atoms with van der Waals surface area (Å²) in [6.45, 7) is 0. The summed E-state index contributed by atoms with van der Waals surface area (Å²) >= 11 is 0. The Kier molecular flexibility index (Phi) is 3.31.